The maximum Gasteiger partial charge on any atom is 0.174 e. The topological polar surface area (TPSA) is 17.1 Å². The van der Waals surface area contributed by atoms with Crippen molar-refractivity contribution in [1.82, 2.24) is 0 Å². The lowest BCUT2D eigenvalue weighted by molar-refractivity contribution is 0.102. The summed E-state index contributed by atoms with van der Waals surface area (Å²) in [6.45, 7) is 0. The molecule has 0 heterocycles. The van der Waals surface area contributed by atoms with Gasteiger partial charge in [-0.05, 0) is 52.9 Å². The van der Waals surface area contributed by atoms with Crippen molar-refractivity contribution >= 4 is 44.9 Å². The SMILES string of the molecule is O=C(CBr)c1cc(Cl)cc2c1-c1ccc(Cl)cc1C2. The summed E-state index contributed by atoms with van der Waals surface area (Å²) in [6, 6.07) is 9.45. The molecule has 19 heavy (non-hydrogen) atoms. The first-order valence-electron chi connectivity index (χ1n) is 5.80. The van der Waals surface area contributed by atoms with Crippen LogP contribution in [0.3, 0.4) is 0 Å². The molecule has 1 aliphatic rings. The lowest BCUT2D eigenvalue weighted by Crippen LogP contribution is -2.03. The molecule has 0 spiro atoms. The summed E-state index contributed by atoms with van der Waals surface area (Å²) in [4.78, 5) is 12.1. The summed E-state index contributed by atoms with van der Waals surface area (Å²) in [5, 5.41) is 1.61. The van der Waals surface area contributed by atoms with Gasteiger partial charge in [0.2, 0.25) is 0 Å². The average Bonchev–Trinajstić information content (AvgIpc) is 2.73. The summed E-state index contributed by atoms with van der Waals surface area (Å²) in [5.74, 6) is 0.0431. The van der Waals surface area contributed by atoms with E-state index < -0.39 is 0 Å². The minimum absolute atomic E-state index is 0.0431. The first-order valence-corrected chi connectivity index (χ1v) is 7.68. The number of alkyl halides is 1. The van der Waals surface area contributed by atoms with Crippen LogP contribution in [-0.4, -0.2) is 11.1 Å². The van der Waals surface area contributed by atoms with E-state index in [0.717, 1.165) is 28.7 Å². The zero-order valence-corrected chi connectivity index (χ0v) is 12.9. The van der Waals surface area contributed by atoms with Gasteiger partial charge >= 0.3 is 0 Å². The Morgan fingerprint density at radius 3 is 2.58 bits per heavy atom. The van der Waals surface area contributed by atoms with E-state index in [9.17, 15) is 4.79 Å². The van der Waals surface area contributed by atoms with Crippen LogP contribution in [0.1, 0.15) is 21.5 Å². The second-order valence-electron chi connectivity index (χ2n) is 4.52. The Hall–Kier alpha value is -0.830. The summed E-state index contributed by atoms with van der Waals surface area (Å²) in [5.41, 5.74) is 5.00. The van der Waals surface area contributed by atoms with E-state index in [2.05, 4.69) is 15.9 Å². The van der Waals surface area contributed by atoms with E-state index in [-0.39, 0.29) is 5.78 Å². The Kier molecular flexibility index (Phi) is 3.42. The molecule has 96 valence electrons. The Bertz CT molecular complexity index is 695. The summed E-state index contributed by atoms with van der Waals surface area (Å²) < 4.78 is 0. The highest BCUT2D eigenvalue weighted by Crippen LogP contribution is 2.41. The largest absolute Gasteiger partial charge is 0.293 e. The molecule has 0 saturated carbocycles. The van der Waals surface area contributed by atoms with Crippen LogP contribution in [-0.2, 0) is 6.42 Å². The molecule has 0 N–H and O–H groups in total. The summed E-state index contributed by atoms with van der Waals surface area (Å²) in [7, 11) is 0. The van der Waals surface area contributed by atoms with Crippen LogP contribution in [0.15, 0.2) is 30.3 Å². The smallest absolute Gasteiger partial charge is 0.174 e. The van der Waals surface area contributed by atoms with Gasteiger partial charge in [0, 0.05) is 15.6 Å². The Balaban J connectivity index is 2.27. The molecule has 4 heteroatoms. The highest BCUT2D eigenvalue weighted by Gasteiger charge is 2.24. The van der Waals surface area contributed by atoms with Crippen LogP contribution in [0, 0.1) is 0 Å². The molecule has 1 nitrogen and oxygen atoms in total. The quantitative estimate of drug-likeness (QED) is 0.459. The number of hydrogen-bond donors (Lipinski definition) is 0. The van der Waals surface area contributed by atoms with Crippen LogP contribution < -0.4 is 0 Å². The third-order valence-electron chi connectivity index (χ3n) is 3.32. The molecule has 0 radical (unpaired) electrons. The van der Waals surface area contributed by atoms with Crippen molar-refractivity contribution in [2.24, 2.45) is 0 Å². The van der Waals surface area contributed by atoms with Crippen LogP contribution in [0.2, 0.25) is 10.0 Å². The maximum atomic E-state index is 12.1. The Morgan fingerprint density at radius 1 is 1.11 bits per heavy atom. The number of Topliss-reactive ketones (excluding diaryl/α,β-unsaturated/α-hetero) is 1. The molecular weight excluding hydrogens is 347 g/mol. The third-order valence-corrected chi connectivity index (χ3v) is 4.29. The van der Waals surface area contributed by atoms with Crippen molar-refractivity contribution in [3.05, 3.63) is 57.1 Å². The van der Waals surface area contributed by atoms with E-state index >= 15 is 0 Å². The van der Waals surface area contributed by atoms with Gasteiger partial charge in [0.15, 0.2) is 5.78 Å². The molecule has 2 aromatic rings. The number of fused-ring (bicyclic) bond motifs is 3. The summed E-state index contributed by atoms with van der Waals surface area (Å²) in [6.07, 6.45) is 0.772. The number of halogens is 3. The first-order chi connectivity index (χ1) is 9.10. The van der Waals surface area contributed by atoms with Gasteiger partial charge in [-0.15, -0.1) is 0 Å². The van der Waals surface area contributed by atoms with Crippen molar-refractivity contribution in [1.29, 1.82) is 0 Å². The van der Waals surface area contributed by atoms with Gasteiger partial charge in [-0.1, -0.05) is 45.2 Å². The molecule has 0 amide bonds. The number of rotatable bonds is 2. The monoisotopic (exact) mass is 354 g/mol. The Morgan fingerprint density at radius 2 is 1.84 bits per heavy atom. The van der Waals surface area contributed by atoms with Gasteiger partial charge in [0.1, 0.15) is 0 Å². The normalized spacial score (nSPS) is 12.2. The van der Waals surface area contributed by atoms with E-state index in [4.69, 9.17) is 23.2 Å². The van der Waals surface area contributed by atoms with E-state index in [1.807, 2.05) is 24.3 Å². The van der Waals surface area contributed by atoms with Gasteiger partial charge in [0.05, 0.1) is 5.33 Å². The molecule has 0 saturated heterocycles. The minimum atomic E-state index is 0.0431. The van der Waals surface area contributed by atoms with Gasteiger partial charge in [0.25, 0.3) is 0 Å². The van der Waals surface area contributed by atoms with E-state index in [1.54, 1.807) is 6.07 Å². The van der Waals surface area contributed by atoms with Crippen molar-refractivity contribution in [3.8, 4) is 11.1 Å². The number of benzene rings is 2. The molecule has 0 aliphatic heterocycles. The molecule has 0 atom stereocenters. The van der Waals surface area contributed by atoms with Crippen molar-refractivity contribution < 1.29 is 4.79 Å². The lowest BCUT2D eigenvalue weighted by atomic mass is 9.97. The molecular formula is C15H9BrCl2O. The predicted octanol–water partition coefficient (Wildman–Crippen LogP) is 5.14. The van der Waals surface area contributed by atoms with Gasteiger partial charge in [-0.3, -0.25) is 4.79 Å². The lowest BCUT2D eigenvalue weighted by Gasteiger charge is -2.08. The second kappa shape index (κ2) is 4.93. The van der Waals surface area contributed by atoms with Crippen LogP contribution in [0.25, 0.3) is 11.1 Å². The van der Waals surface area contributed by atoms with Gasteiger partial charge in [-0.25, -0.2) is 0 Å². The molecule has 3 rings (SSSR count). The van der Waals surface area contributed by atoms with Crippen molar-refractivity contribution in [3.63, 3.8) is 0 Å². The predicted molar refractivity (Wildman–Crippen MR) is 82.8 cm³/mol. The molecule has 0 bridgehead atoms. The Labute approximate surface area is 129 Å². The third kappa shape index (κ3) is 2.22. The highest BCUT2D eigenvalue weighted by atomic mass is 79.9. The van der Waals surface area contributed by atoms with Crippen molar-refractivity contribution in [2.75, 3.05) is 5.33 Å². The van der Waals surface area contributed by atoms with Gasteiger partial charge in [-0.2, -0.15) is 0 Å². The second-order valence-corrected chi connectivity index (χ2v) is 5.96. The fourth-order valence-corrected chi connectivity index (χ4v) is 3.31. The van der Waals surface area contributed by atoms with Crippen LogP contribution >= 0.6 is 39.1 Å². The number of carbonyl (C=O) groups excluding carboxylic acids is 1. The van der Waals surface area contributed by atoms with E-state index in [0.29, 0.717) is 20.9 Å². The fourth-order valence-electron chi connectivity index (χ4n) is 2.57. The molecule has 0 unspecified atom stereocenters. The number of ketones is 1. The van der Waals surface area contributed by atoms with Crippen LogP contribution in [0.5, 0.6) is 0 Å². The number of carbonyl (C=O) groups is 1. The van der Waals surface area contributed by atoms with Gasteiger partial charge < -0.3 is 0 Å². The average molecular weight is 356 g/mol. The van der Waals surface area contributed by atoms with Crippen LogP contribution in [0.4, 0.5) is 0 Å². The zero-order valence-electron chi connectivity index (χ0n) is 9.84. The van der Waals surface area contributed by atoms with E-state index in [1.165, 1.54) is 0 Å². The standard InChI is InChI=1S/C15H9BrCl2O/c16-7-14(19)13-6-11(18)5-9-3-8-4-10(17)1-2-12(8)15(9)13/h1-2,4-6H,3,7H2. The molecule has 2 aromatic carbocycles. The molecule has 0 fully saturated rings. The summed E-state index contributed by atoms with van der Waals surface area (Å²) >= 11 is 15.4. The molecule has 1 aliphatic carbocycles. The minimum Gasteiger partial charge on any atom is -0.293 e. The first kappa shape index (κ1) is 13.2. The zero-order chi connectivity index (χ0) is 13.6. The van der Waals surface area contributed by atoms with Crippen molar-refractivity contribution in [2.45, 2.75) is 6.42 Å². The fraction of sp³-hybridized carbons (Fsp3) is 0.133. The number of hydrogen-bond acceptors (Lipinski definition) is 1. The highest BCUT2D eigenvalue weighted by molar-refractivity contribution is 9.09. The maximum absolute atomic E-state index is 12.1. The molecule has 0 aromatic heterocycles.